The number of nitrogens with zero attached hydrogens (tertiary/aromatic N) is 2. The predicted octanol–water partition coefficient (Wildman–Crippen LogP) is 3.54. The summed E-state index contributed by atoms with van der Waals surface area (Å²) >= 11 is 6.75. The summed E-state index contributed by atoms with van der Waals surface area (Å²) in [4.78, 5) is 17.1. The van der Waals surface area contributed by atoms with E-state index < -0.39 is 0 Å². The van der Waals surface area contributed by atoms with Crippen LogP contribution in [0.4, 0.5) is 0 Å². The van der Waals surface area contributed by atoms with Crippen molar-refractivity contribution in [3.63, 3.8) is 0 Å². The zero-order chi connectivity index (χ0) is 15.5. The van der Waals surface area contributed by atoms with Crippen LogP contribution in [0.5, 0.6) is 0 Å². The van der Waals surface area contributed by atoms with E-state index in [-0.39, 0.29) is 5.91 Å². The molecule has 0 N–H and O–H groups in total. The lowest BCUT2D eigenvalue weighted by atomic mass is 10.2. The lowest BCUT2D eigenvalue weighted by molar-refractivity contribution is -0.122. The molecule has 2 fully saturated rings. The van der Waals surface area contributed by atoms with Crippen LogP contribution in [0.3, 0.4) is 0 Å². The summed E-state index contributed by atoms with van der Waals surface area (Å²) in [7, 11) is 2.09. The van der Waals surface area contributed by atoms with Gasteiger partial charge in [0.1, 0.15) is 4.32 Å². The van der Waals surface area contributed by atoms with Gasteiger partial charge in [0, 0.05) is 19.3 Å². The maximum Gasteiger partial charge on any atom is 0.266 e. The van der Waals surface area contributed by atoms with Crippen molar-refractivity contribution in [2.45, 2.75) is 19.4 Å². The molecule has 3 nitrogen and oxygen atoms in total. The molecule has 0 bridgehead atoms. The number of allylic oxidation sites excluding steroid dienone is 3. The highest BCUT2D eigenvalue weighted by Crippen LogP contribution is 2.32. The first-order valence-electron chi connectivity index (χ1n) is 7.35. The van der Waals surface area contributed by atoms with E-state index in [0.29, 0.717) is 15.8 Å². The third-order valence-electron chi connectivity index (χ3n) is 3.90. The first kappa shape index (κ1) is 15.3. The number of carbonyl (C=O) groups is 1. The summed E-state index contributed by atoms with van der Waals surface area (Å²) in [5, 5.41) is 0. The average Bonchev–Trinajstić information content (AvgIpc) is 3.04. The van der Waals surface area contributed by atoms with Gasteiger partial charge in [-0.3, -0.25) is 9.69 Å². The molecule has 1 aromatic carbocycles. The SMILES string of the molecule is CN1CCC/C1=C/C=C1\SC(=S)N(Cc2ccccc2)C1=O. The molecule has 0 radical (unpaired) electrons. The van der Waals surface area contributed by atoms with Crippen LogP contribution in [-0.2, 0) is 11.3 Å². The summed E-state index contributed by atoms with van der Waals surface area (Å²) in [6.07, 6.45) is 6.24. The van der Waals surface area contributed by atoms with Crippen molar-refractivity contribution in [2.24, 2.45) is 0 Å². The summed E-state index contributed by atoms with van der Waals surface area (Å²) in [6, 6.07) is 9.94. The molecule has 0 aromatic heterocycles. The Kier molecular flexibility index (Phi) is 4.64. The summed E-state index contributed by atoms with van der Waals surface area (Å²) < 4.78 is 0.637. The van der Waals surface area contributed by atoms with Crippen LogP contribution in [0.15, 0.2) is 53.1 Å². The Morgan fingerprint density at radius 3 is 2.73 bits per heavy atom. The summed E-state index contributed by atoms with van der Waals surface area (Å²) in [5.74, 6) is 0.0105. The van der Waals surface area contributed by atoms with Crippen LogP contribution >= 0.6 is 24.0 Å². The van der Waals surface area contributed by atoms with Crippen LogP contribution in [-0.4, -0.2) is 33.6 Å². The maximum atomic E-state index is 12.5. The first-order chi connectivity index (χ1) is 10.6. The second-order valence-corrected chi connectivity index (χ2v) is 7.13. The number of hydrogen-bond donors (Lipinski definition) is 0. The second-order valence-electron chi connectivity index (χ2n) is 5.46. The highest BCUT2D eigenvalue weighted by atomic mass is 32.2. The molecule has 0 spiro atoms. The fraction of sp³-hybridized carbons (Fsp3) is 0.294. The van der Waals surface area contributed by atoms with Gasteiger partial charge in [-0.15, -0.1) is 0 Å². The van der Waals surface area contributed by atoms with Crippen LogP contribution in [0, 0.1) is 0 Å². The Labute approximate surface area is 140 Å². The van der Waals surface area contributed by atoms with E-state index in [1.165, 1.54) is 23.9 Å². The topological polar surface area (TPSA) is 23.6 Å². The van der Waals surface area contributed by atoms with Crippen LogP contribution in [0.2, 0.25) is 0 Å². The Bertz CT molecular complexity index is 652. The van der Waals surface area contributed by atoms with Crippen molar-refractivity contribution >= 4 is 34.2 Å². The Morgan fingerprint density at radius 1 is 1.27 bits per heavy atom. The molecule has 0 atom stereocenters. The van der Waals surface area contributed by atoms with E-state index >= 15 is 0 Å². The Balaban J connectivity index is 1.74. The first-order valence-corrected chi connectivity index (χ1v) is 8.57. The normalized spacial score (nSPS) is 22.4. The van der Waals surface area contributed by atoms with Gasteiger partial charge >= 0.3 is 0 Å². The molecule has 114 valence electrons. The Hall–Kier alpha value is -1.59. The van der Waals surface area contributed by atoms with Gasteiger partial charge in [0.25, 0.3) is 5.91 Å². The second kappa shape index (κ2) is 6.67. The largest absolute Gasteiger partial charge is 0.378 e. The number of benzene rings is 1. The third-order valence-corrected chi connectivity index (χ3v) is 5.30. The molecule has 2 aliphatic heterocycles. The highest BCUT2D eigenvalue weighted by Gasteiger charge is 2.31. The van der Waals surface area contributed by atoms with Crippen molar-refractivity contribution in [3.8, 4) is 0 Å². The van der Waals surface area contributed by atoms with Crippen LogP contribution < -0.4 is 0 Å². The van der Waals surface area contributed by atoms with Gasteiger partial charge in [0.05, 0.1) is 11.4 Å². The molecule has 2 aliphatic rings. The number of thioether (sulfide) groups is 1. The Morgan fingerprint density at radius 2 is 2.05 bits per heavy atom. The minimum Gasteiger partial charge on any atom is -0.378 e. The number of likely N-dealkylation sites (tertiary alicyclic amines) is 1. The fourth-order valence-corrected chi connectivity index (χ4v) is 3.83. The molecule has 0 unspecified atom stereocenters. The lowest BCUT2D eigenvalue weighted by Gasteiger charge is -2.14. The highest BCUT2D eigenvalue weighted by molar-refractivity contribution is 8.26. The molecular weight excluding hydrogens is 312 g/mol. The van der Waals surface area contributed by atoms with E-state index in [9.17, 15) is 4.79 Å². The zero-order valence-electron chi connectivity index (χ0n) is 12.5. The fourth-order valence-electron chi connectivity index (χ4n) is 2.63. The van der Waals surface area contributed by atoms with Gasteiger partial charge in [-0.25, -0.2) is 0 Å². The van der Waals surface area contributed by atoms with E-state index in [0.717, 1.165) is 18.5 Å². The lowest BCUT2D eigenvalue weighted by Crippen LogP contribution is -2.27. The van der Waals surface area contributed by atoms with Crippen molar-refractivity contribution in [1.29, 1.82) is 0 Å². The third kappa shape index (κ3) is 3.25. The number of amides is 1. The number of hydrogen-bond acceptors (Lipinski definition) is 4. The zero-order valence-corrected chi connectivity index (χ0v) is 14.1. The molecule has 3 rings (SSSR count). The summed E-state index contributed by atoms with van der Waals surface area (Å²) in [6.45, 7) is 1.63. The molecule has 0 saturated carbocycles. The maximum absolute atomic E-state index is 12.5. The molecule has 22 heavy (non-hydrogen) atoms. The van der Waals surface area contributed by atoms with E-state index in [1.54, 1.807) is 4.90 Å². The smallest absolute Gasteiger partial charge is 0.266 e. The van der Waals surface area contributed by atoms with E-state index in [1.807, 2.05) is 36.4 Å². The van der Waals surface area contributed by atoms with Crippen molar-refractivity contribution in [2.75, 3.05) is 13.6 Å². The molecule has 1 amide bonds. The molecule has 2 saturated heterocycles. The molecule has 0 aliphatic carbocycles. The molecule has 1 aromatic rings. The molecule has 2 heterocycles. The van der Waals surface area contributed by atoms with Gasteiger partial charge in [-0.2, -0.15) is 0 Å². The van der Waals surface area contributed by atoms with Crippen LogP contribution in [0.25, 0.3) is 0 Å². The quantitative estimate of drug-likeness (QED) is 0.625. The van der Waals surface area contributed by atoms with Gasteiger partial charge in [-0.05, 0) is 30.6 Å². The number of carbonyl (C=O) groups excluding carboxylic acids is 1. The standard InChI is InChI=1S/C17H18N2OS2/c1-18-11-5-8-14(18)9-10-15-16(20)19(17(21)22-15)12-13-6-3-2-4-7-13/h2-4,6-7,9-10H,5,8,11-12H2,1H3/b14-9-,15-10-. The van der Waals surface area contributed by atoms with E-state index in [4.69, 9.17) is 12.2 Å². The van der Waals surface area contributed by atoms with Crippen molar-refractivity contribution in [1.82, 2.24) is 9.80 Å². The number of thiocarbonyl (C=S) groups is 1. The predicted molar refractivity (Wildman–Crippen MR) is 95.2 cm³/mol. The minimum absolute atomic E-state index is 0.0105. The van der Waals surface area contributed by atoms with Gasteiger partial charge in [-0.1, -0.05) is 54.3 Å². The minimum atomic E-state index is 0.0105. The molecule has 5 heteroatoms. The molecular formula is C17H18N2OS2. The van der Waals surface area contributed by atoms with Gasteiger partial charge < -0.3 is 4.90 Å². The van der Waals surface area contributed by atoms with Crippen LogP contribution in [0.1, 0.15) is 18.4 Å². The van der Waals surface area contributed by atoms with Gasteiger partial charge in [0.15, 0.2) is 0 Å². The average molecular weight is 330 g/mol. The summed E-state index contributed by atoms with van der Waals surface area (Å²) in [5.41, 5.74) is 2.38. The number of rotatable bonds is 3. The van der Waals surface area contributed by atoms with Crippen molar-refractivity contribution in [3.05, 3.63) is 58.6 Å². The van der Waals surface area contributed by atoms with Gasteiger partial charge in [0.2, 0.25) is 0 Å². The van der Waals surface area contributed by atoms with E-state index in [2.05, 4.69) is 18.0 Å². The van der Waals surface area contributed by atoms with Crippen molar-refractivity contribution < 1.29 is 4.79 Å². The monoisotopic (exact) mass is 330 g/mol.